The van der Waals surface area contributed by atoms with Crippen molar-refractivity contribution in [3.05, 3.63) is 30.2 Å². The number of carbonyl (C=O) groups is 1. The van der Waals surface area contributed by atoms with Gasteiger partial charge in [-0.1, -0.05) is 5.16 Å². The van der Waals surface area contributed by atoms with Crippen molar-refractivity contribution < 1.29 is 14.1 Å². The number of nitrogens with zero attached hydrogens (tertiary/aromatic N) is 2. The van der Waals surface area contributed by atoms with E-state index in [2.05, 4.69) is 20.8 Å². The molecule has 2 fully saturated rings. The van der Waals surface area contributed by atoms with Gasteiger partial charge in [-0.15, -0.1) is 12.4 Å². The highest BCUT2D eigenvalue weighted by Gasteiger charge is 2.33. The van der Waals surface area contributed by atoms with E-state index in [4.69, 9.17) is 9.26 Å². The van der Waals surface area contributed by atoms with Crippen LogP contribution in [0.5, 0.6) is 5.75 Å². The average molecular weight is 407 g/mol. The zero-order valence-corrected chi connectivity index (χ0v) is 16.8. The lowest BCUT2D eigenvalue weighted by Gasteiger charge is -2.29. The molecule has 1 aromatic carbocycles. The topological polar surface area (TPSA) is 89.3 Å². The molecule has 2 aliphatic rings. The summed E-state index contributed by atoms with van der Waals surface area (Å²) < 4.78 is 10.7. The standard InChI is InChI=1S/C20H26N4O3.ClH/c1-2-26-17-7-3-13(4-8-17)20-23-19(27-24-20)10-9-18(25)22-16-11-14-5-6-15(12-16)21-14;/h3-4,7-8,14-16,21H,2,5-6,9-12H2,1H3,(H,22,25);1H. The van der Waals surface area contributed by atoms with Gasteiger partial charge in [0.1, 0.15) is 5.75 Å². The van der Waals surface area contributed by atoms with Crippen LogP contribution in [0, 0.1) is 0 Å². The Balaban J connectivity index is 0.00000225. The molecule has 152 valence electrons. The number of fused-ring (bicyclic) bond motifs is 2. The zero-order valence-electron chi connectivity index (χ0n) is 16.0. The first kappa shape index (κ1) is 20.6. The Kier molecular flexibility index (Phi) is 6.91. The molecule has 0 saturated carbocycles. The smallest absolute Gasteiger partial charge is 0.227 e. The zero-order chi connectivity index (χ0) is 18.6. The number of amides is 1. The number of hydrogen-bond donors (Lipinski definition) is 2. The molecule has 2 bridgehead atoms. The minimum Gasteiger partial charge on any atom is -0.494 e. The average Bonchev–Trinajstić information content (AvgIpc) is 3.27. The molecule has 7 nitrogen and oxygen atoms in total. The second kappa shape index (κ2) is 9.39. The number of rotatable bonds is 7. The number of hydrogen-bond acceptors (Lipinski definition) is 6. The second-order valence-corrected chi connectivity index (χ2v) is 7.34. The summed E-state index contributed by atoms with van der Waals surface area (Å²) in [6.45, 7) is 2.58. The minimum absolute atomic E-state index is 0. The van der Waals surface area contributed by atoms with Crippen molar-refractivity contribution in [3.63, 3.8) is 0 Å². The summed E-state index contributed by atoms with van der Waals surface area (Å²) in [6.07, 6.45) is 5.34. The normalized spacial score (nSPS) is 23.1. The molecule has 0 radical (unpaired) electrons. The number of piperidine rings is 1. The van der Waals surface area contributed by atoms with Gasteiger partial charge in [0.15, 0.2) is 0 Å². The molecule has 3 heterocycles. The highest BCUT2D eigenvalue weighted by Crippen LogP contribution is 2.27. The van der Waals surface area contributed by atoms with Crippen molar-refractivity contribution in [2.75, 3.05) is 6.61 Å². The summed E-state index contributed by atoms with van der Waals surface area (Å²) in [4.78, 5) is 16.7. The largest absolute Gasteiger partial charge is 0.494 e. The van der Waals surface area contributed by atoms with E-state index in [0.717, 1.165) is 24.2 Å². The van der Waals surface area contributed by atoms with Crippen molar-refractivity contribution in [1.82, 2.24) is 20.8 Å². The van der Waals surface area contributed by atoms with E-state index in [1.807, 2.05) is 31.2 Å². The highest BCUT2D eigenvalue weighted by molar-refractivity contribution is 5.85. The Morgan fingerprint density at radius 2 is 1.96 bits per heavy atom. The highest BCUT2D eigenvalue weighted by atomic mass is 35.5. The lowest BCUT2D eigenvalue weighted by atomic mass is 9.99. The van der Waals surface area contributed by atoms with Crippen LogP contribution in [-0.2, 0) is 11.2 Å². The van der Waals surface area contributed by atoms with E-state index in [1.54, 1.807) is 0 Å². The van der Waals surface area contributed by atoms with E-state index in [1.165, 1.54) is 12.8 Å². The van der Waals surface area contributed by atoms with Crippen LogP contribution in [0.1, 0.15) is 44.9 Å². The van der Waals surface area contributed by atoms with Gasteiger partial charge in [0.25, 0.3) is 0 Å². The van der Waals surface area contributed by atoms with Gasteiger partial charge < -0.3 is 19.9 Å². The molecule has 1 aromatic heterocycles. The quantitative estimate of drug-likeness (QED) is 0.734. The van der Waals surface area contributed by atoms with Crippen molar-refractivity contribution in [1.29, 1.82) is 0 Å². The second-order valence-electron chi connectivity index (χ2n) is 7.34. The number of ether oxygens (including phenoxy) is 1. The molecule has 28 heavy (non-hydrogen) atoms. The first-order valence-electron chi connectivity index (χ1n) is 9.81. The van der Waals surface area contributed by atoms with Crippen LogP contribution in [0.25, 0.3) is 11.4 Å². The summed E-state index contributed by atoms with van der Waals surface area (Å²) >= 11 is 0. The van der Waals surface area contributed by atoms with Crippen LogP contribution < -0.4 is 15.4 Å². The fourth-order valence-electron chi connectivity index (χ4n) is 4.04. The number of benzene rings is 1. The van der Waals surface area contributed by atoms with Crippen LogP contribution in [0.3, 0.4) is 0 Å². The maximum Gasteiger partial charge on any atom is 0.227 e. The minimum atomic E-state index is 0. The van der Waals surface area contributed by atoms with Gasteiger partial charge in [-0.05, 0) is 56.9 Å². The molecule has 2 aromatic rings. The first-order chi connectivity index (χ1) is 13.2. The van der Waals surface area contributed by atoms with Gasteiger partial charge in [-0.3, -0.25) is 4.79 Å². The Hall–Kier alpha value is -2.12. The SMILES string of the molecule is CCOc1ccc(-c2noc(CCC(=O)NC3CC4CCC(C3)N4)n2)cc1.Cl. The summed E-state index contributed by atoms with van der Waals surface area (Å²) in [6, 6.07) is 9.00. The molecule has 1 amide bonds. The van der Waals surface area contributed by atoms with E-state index in [9.17, 15) is 4.79 Å². The van der Waals surface area contributed by atoms with Gasteiger partial charge in [0, 0.05) is 36.5 Å². The molecule has 0 spiro atoms. The summed E-state index contributed by atoms with van der Waals surface area (Å²) in [5.74, 6) is 1.89. The van der Waals surface area contributed by atoms with Crippen molar-refractivity contribution >= 4 is 18.3 Å². The maximum absolute atomic E-state index is 12.3. The number of carbonyl (C=O) groups excluding carboxylic acids is 1. The third-order valence-electron chi connectivity index (χ3n) is 5.30. The Morgan fingerprint density at radius 3 is 2.64 bits per heavy atom. The van der Waals surface area contributed by atoms with Crippen LogP contribution in [0.4, 0.5) is 0 Å². The Labute approximate surface area is 171 Å². The summed E-state index contributed by atoms with van der Waals surface area (Å²) in [5, 5.41) is 10.8. The van der Waals surface area contributed by atoms with E-state index in [0.29, 0.717) is 49.3 Å². The van der Waals surface area contributed by atoms with Gasteiger partial charge in [-0.25, -0.2) is 0 Å². The van der Waals surface area contributed by atoms with Gasteiger partial charge in [0.2, 0.25) is 17.6 Å². The van der Waals surface area contributed by atoms with Crippen LogP contribution in [0.2, 0.25) is 0 Å². The van der Waals surface area contributed by atoms with E-state index in [-0.39, 0.29) is 18.3 Å². The summed E-state index contributed by atoms with van der Waals surface area (Å²) in [5.41, 5.74) is 0.864. The van der Waals surface area contributed by atoms with Gasteiger partial charge in [0.05, 0.1) is 6.61 Å². The molecule has 2 N–H and O–H groups in total. The Morgan fingerprint density at radius 1 is 1.25 bits per heavy atom. The number of aryl methyl sites for hydroxylation is 1. The molecular formula is C20H27ClN4O3. The molecule has 2 aliphatic heterocycles. The van der Waals surface area contributed by atoms with E-state index < -0.39 is 0 Å². The third kappa shape index (κ3) is 5.02. The monoisotopic (exact) mass is 406 g/mol. The van der Waals surface area contributed by atoms with Crippen LogP contribution >= 0.6 is 12.4 Å². The fraction of sp³-hybridized carbons (Fsp3) is 0.550. The van der Waals surface area contributed by atoms with E-state index >= 15 is 0 Å². The molecular weight excluding hydrogens is 380 g/mol. The van der Waals surface area contributed by atoms with Crippen molar-refractivity contribution in [2.24, 2.45) is 0 Å². The van der Waals surface area contributed by atoms with Crippen LogP contribution in [0.15, 0.2) is 28.8 Å². The first-order valence-corrected chi connectivity index (χ1v) is 9.81. The molecule has 2 unspecified atom stereocenters. The van der Waals surface area contributed by atoms with Crippen LogP contribution in [-0.4, -0.2) is 40.8 Å². The maximum atomic E-state index is 12.3. The van der Waals surface area contributed by atoms with Crippen molar-refractivity contribution in [2.45, 2.75) is 63.6 Å². The predicted octanol–water partition coefficient (Wildman–Crippen LogP) is 2.89. The lowest BCUT2D eigenvalue weighted by molar-refractivity contribution is -0.122. The molecule has 4 rings (SSSR count). The summed E-state index contributed by atoms with van der Waals surface area (Å²) in [7, 11) is 0. The number of nitrogens with one attached hydrogen (secondary N) is 2. The number of halogens is 1. The molecule has 2 saturated heterocycles. The molecule has 2 atom stereocenters. The molecule has 8 heteroatoms. The predicted molar refractivity (Wildman–Crippen MR) is 108 cm³/mol. The fourth-order valence-corrected chi connectivity index (χ4v) is 4.04. The lowest BCUT2D eigenvalue weighted by Crippen LogP contribution is -2.48. The third-order valence-corrected chi connectivity index (χ3v) is 5.30. The Bertz CT molecular complexity index is 768. The van der Waals surface area contributed by atoms with Gasteiger partial charge in [-0.2, -0.15) is 4.98 Å². The molecule has 0 aliphatic carbocycles. The van der Waals surface area contributed by atoms with Crippen molar-refractivity contribution in [3.8, 4) is 17.1 Å². The van der Waals surface area contributed by atoms with Gasteiger partial charge >= 0.3 is 0 Å². The number of aromatic nitrogens is 2.